The van der Waals surface area contributed by atoms with Crippen molar-refractivity contribution in [2.45, 2.75) is 75.3 Å². The quantitative estimate of drug-likeness (QED) is 0.0544. The van der Waals surface area contributed by atoms with E-state index < -0.39 is 16.9 Å². The Kier molecular flexibility index (Phi) is 17.1. The van der Waals surface area contributed by atoms with Gasteiger partial charge in [0.1, 0.15) is 59.6 Å². The van der Waals surface area contributed by atoms with Crippen LogP contribution < -0.4 is 31.2 Å². The highest BCUT2D eigenvalue weighted by Gasteiger charge is 2.44. The number of nitrogen functional groups attached to an aromatic ring is 1. The fraction of sp³-hybridized carbons (Fsp3) is 0.385. The topological polar surface area (TPSA) is 191 Å². The zero-order valence-electron chi connectivity index (χ0n) is 40.7. The molecule has 10 rings (SSSR count). The van der Waals surface area contributed by atoms with Crippen LogP contribution in [0.5, 0.6) is 11.5 Å². The first-order valence-electron chi connectivity index (χ1n) is 23.9. The van der Waals surface area contributed by atoms with E-state index in [9.17, 15) is 18.4 Å². The third-order valence-corrected chi connectivity index (χ3v) is 14.1. The van der Waals surface area contributed by atoms with Crippen LogP contribution in [0.4, 0.5) is 43.2 Å². The lowest BCUT2D eigenvalue weighted by Crippen LogP contribution is -2.42. The molecule has 5 N–H and O–H groups in total. The van der Waals surface area contributed by atoms with Crippen molar-refractivity contribution in [3.63, 3.8) is 0 Å². The second-order valence-corrected chi connectivity index (χ2v) is 19.8. The fourth-order valence-electron chi connectivity index (χ4n) is 9.21. The number of nitrogens with two attached hydrogens (primary N) is 1. The molecule has 6 aromatic rings. The summed E-state index contributed by atoms with van der Waals surface area (Å²) >= 11 is 16.5. The second-order valence-electron chi connectivity index (χ2n) is 18.6. The third kappa shape index (κ3) is 13.4. The number of piperidine rings is 2. The third-order valence-electron chi connectivity index (χ3n) is 13.4. The summed E-state index contributed by atoms with van der Waals surface area (Å²) in [5, 5.41) is 10.2. The zero-order chi connectivity index (χ0) is 51.9. The Morgan fingerprint density at radius 2 is 1.21 bits per heavy atom. The highest BCUT2D eigenvalue weighted by Crippen LogP contribution is 2.42. The number of hydrogen-bond acceptors (Lipinski definition) is 15. The molecule has 4 aromatic carbocycles. The maximum atomic E-state index is 13.6. The molecule has 386 valence electrons. The predicted molar refractivity (Wildman–Crippen MR) is 282 cm³/mol. The Balaban J connectivity index is 0.000000179. The summed E-state index contributed by atoms with van der Waals surface area (Å²) in [6, 6.07) is 16.0. The molecule has 0 saturated carbocycles. The molecule has 0 aliphatic carbocycles. The summed E-state index contributed by atoms with van der Waals surface area (Å²) in [4.78, 5) is 43.9. The first-order chi connectivity index (χ1) is 35.0. The summed E-state index contributed by atoms with van der Waals surface area (Å²) < 4.78 is 52.1. The molecule has 4 saturated heterocycles. The molecule has 16 nitrogen and oxygen atoms in total. The lowest BCUT2D eigenvalue weighted by atomic mass is 9.88. The fourth-order valence-corrected chi connectivity index (χ4v) is 9.57. The van der Waals surface area contributed by atoms with Crippen molar-refractivity contribution in [1.29, 1.82) is 0 Å². The molecule has 2 unspecified atom stereocenters. The van der Waals surface area contributed by atoms with Gasteiger partial charge in [-0.25, -0.2) is 28.7 Å². The highest BCUT2D eigenvalue weighted by atomic mass is 35.5. The number of rotatable bonds is 11. The van der Waals surface area contributed by atoms with Crippen molar-refractivity contribution in [3.8, 4) is 11.5 Å². The SMILES string of the molecule is C=CC(=O)Cl.CCC(=O)Nc1cc2c(Nc3ccc(F)c(Cl)c3)ncnc2cc1OC1COC2(CCN(C)CC2)C1.CN1CCC2(CC1)CC(Oc1cc3ncnc(Nc4ccc(F)c(Cl)c4)c3cc1N)CO2. The van der Waals surface area contributed by atoms with Gasteiger partial charge in [-0.1, -0.05) is 36.7 Å². The van der Waals surface area contributed by atoms with Gasteiger partial charge in [0.2, 0.25) is 11.1 Å². The van der Waals surface area contributed by atoms with Crippen LogP contribution in [-0.2, 0) is 19.1 Å². The standard InChI is InChI=1S/C26H29ClFN5O3.C23H25ClFN5O2.C3H3ClO/c1-3-24(34)32-22-11-18-21(29-15-30-25(18)31-16-4-5-20(28)19(27)10-16)12-23(22)36-17-13-26(35-14-17)6-8-33(2)9-7-26;1-30-6-4-23(5-7-30)11-15(12-31-23)32-21-10-20-16(9-19(21)26)22(28-13-27-20)29-14-2-3-18(25)17(24)8-14;1-2-3(4)5/h4-5,10-12,15,17H,3,6-9,13-14H2,1-2H3,(H,32,34)(H,29,30,31);2-3,8-10,13,15H,4-7,11-12,26H2,1H3,(H,27,28,29);2H,1H2. The number of carbonyl (C=O) groups is 2. The molecule has 4 aliphatic heterocycles. The number of fused-ring (bicyclic) bond motifs is 2. The summed E-state index contributed by atoms with van der Waals surface area (Å²) in [5.74, 6) is 1.06. The molecular weight excluding hydrogens is 1000 g/mol. The van der Waals surface area contributed by atoms with E-state index in [1.165, 1.54) is 36.9 Å². The van der Waals surface area contributed by atoms with Gasteiger partial charge in [0.25, 0.3) is 0 Å². The van der Waals surface area contributed by atoms with Gasteiger partial charge in [-0.15, -0.1) is 0 Å². The Morgan fingerprint density at radius 3 is 1.66 bits per heavy atom. The molecule has 1 amide bonds. The van der Waals surface area contributed by atoms with Crippen LogP contribution in [-0.4, -0.2) is 118 Å². The summed E-state index contributed by atoms with van der Waals surface area (Å²) in [6.07, 6.45) is 9.78. The molecule has 6 heterocycles. The average Bonchev–Trinajstić information content (AvgIpc) is 3.97. The van der Waals surface area contributed by atoms with E-state index in [0.29, 0.717) is 81.9 Å². The minimum Gasteiger partial charge on any atom is -0.486 e. The molecule has 0 bridgehead atoms. The first kappa shape index (κ1) is 53.3. The van der Waals surface area contributed by atoms with Crippen LogP contribution in [0.2, 0.25) is 10.0 Å². The van der Waals surface area contributed by atoms with E-state index >= 15 is 0 Å². The van der Waals surface area contributed by atoms with Crippen molar-refractivity contribution in [2.24, 2.45) is 0 Å². The van der Waals surface area contributed by atoms with Crippen LogP contribution in [0.15, 0.2) is 86.0 Å². The second kappa shape index (κ2) is 23.5. The van der Waals surface area contributed by atoms with Gasteiger partial charge >= 0.3 is 0 Å². The molecule has 2 aromatic heterocycles. The maximum Gasteiger partial charge on any atom is 0.244 e. The predicted octanol–water partition coefficient (Wildman–Crippen LogP) is 10.5. The summed E-state index contributed by atoms with van der Waals surface area (Å²) in [5.41, 5.74) is 9.65. The molecule has 4 aliphatic rings. The van der Waals surface area contributed by atoms with Crippen molar-refractivity contribution < 1.29 is 37.3 Å². The average molecular weight is 1060 g/mol. The van der Waals surface area contributed by atoms with Crippen LogP contribution in [0.3, 0.4) is 0 Å². The minimum atomic E-state index is -0.509. The highest BCUT2D eigenvalue weighted by molar-refractivity contribution is 6.66. The number of aromatic nitrogens is 4. The molecule has 73 heavy (non-hydrogen) atoms. The van der Waals surface area contributed by atoms with Crippen molar-refractivity contribution in [1.82, 2.24) is 29.7 Å². The Hall–Kier alpha value is -5.99. The lowest BCUT2D eigenvalue weighted by molar-refractivity contribution is -0.116. The Bertz CT molecular complexity index is 2980. The molecular formula is C52H57Cl3F2N10O6. The zero-order valence-corrected chi connectivity index (χ0v) is 42.9. The number of anilines is 6. The first-order valence-corrected chi connectivity index (χ1v) is 25.0. The van der Waals surface area contributed by atoms with Crippen LogP contribution in [0, 0.1) is 11.6 Å². The van der Waals surface area contributed by atoms with Gasteiger partial charge in [0, 0.05) is 79.7 Å². The van der Waals surface area contributed by atoms with Crippen LogP contribution in [0.1, 0.15) is 51.9 Å². The lowest BCUT2D eigenvalue weighted by Gasteiger charge is -2.36. The number of benzene rings is 4. The van der Waals surface area contributed by atoms with E-state index in [1.54, 1.807) is 31.2 Å². The van der Waals surface area contributed by atoms with Gasteiger partial charge < -0.3 is 50.4 Å². The van der Waals surface area contributed by atoms with Crippen molar-refractivity contribution >= 4 is 102 Å². The number of nitrogens with zero attached hydrogens (tertiary/aromatic N) is 6. The molecule has 2 atom stereocenters. The number of nitrogens with one attached hydrogen (secondary N) is 3. The minimum absolute atomic E-state index is 0.00566. The van der Waals surface area contributed by atoms with Gasteiger partial charge in [-0.2, -0.15) is 0 Å². The maximum absolute atomic E-state index is 13.6. The summed E-state index contributed by atoms with van der Waals surface area (Å²) in [7, 11) is 4.27. The van der Waals surface area contributed by atoms with Crippen molar-refractivity contribution in [2.75, 3.05) is 75.2 Å². The monoisotopic (exact) mass is 1060 g/mol. The molecule has 0 radical (unpaired) electrons. The van der Waals surface area contributed by atoms with Gasteiger partial charge in [0.05, 0.1) is 56.9 Å². The van der Waals surface area contributed by atoms with E-state index in [1.807, 2.05) is 12.1 Å². The van der Waals surface area contributed by atoms with E-state index in [0.717, 1.165) is 76.2 Å². The number of allylic oxidation sites excluding steroid dienone is 1. The molecule has 21 heteroatoms. The normalized spacial score (nSPS) is 19.1. The number of ether oxygens (including phenoxy) is 4. The number of hydrogen-bond donors (Lipinski definition) is 4. The molecule has 4 fully saturated rings. The van der Waals surface area contributed by atoms with E-state index in [-0.39, 0.29) is 39.4 Å². The summed E-state index contributed by atoms with van der Waals surface area (Å²) in [6.45, 7) is 10.0. The molecule has 2 spiro atoms. The van der Waals surface area contributed by atoms with Crippen LogP contribution in [0.25, 0.3) is 21.8 Å². The van der Waals surface area contributed by atoms with Gasteiger partial charge in [-0.05, 0) is 106 Å². The van der Waals surface area contributed by atoms with E-state index in [4.69, 9.17) is 59.5 Å². The number of amides is 1. The van der Waals surface area contributed by atoms with Gasteiger partial charge in [-0.3, -0.25) is 9.59 Å². The largest absolute Gasteiger partial charge is 0.486 e. The Morgan fingerprint density at radius 1 is 0.753 bits per heavy atom. The van der Waals surface area contributed by atoms with Crippen molar-refractivity contribution in [3.05, 3.63) is 108 Å². The van der Waals surface area contributed by atoms with Gasteiger partial charge in [0.15, 0.2) is 0 Å². The van der Waals surface area contributed by atoms with Crippen LogP contribution >= 0.6 is 34.8 Å². The number of likely N-dealkylation sites (tertiary alicyclic amines) is 2. The Labute approximate surface area is 436 Å². The van der Waals surface area contributed by atoms with E-state index in [2.05, 4.69) is 66.4 Å². The number of halogens is 5. The smallest absolute Gasteiger partial charge is 0.244 e. The number of carbonyl (C=O) groups excluding carboxylic acids is 2.